The van der Waals surface area contributed by atoms with Crippen LogP contribution in [-0.4, -0.2) is 13.0 Å². The summed E-state index contributed by atoms with van der Waals surface area (Å²) in [5, 5.41) is 10.7. The van der Waals surface area contributed by atoms with Gasteiger partial charge >= 0.3 is 0 Å². The molecule has 98 valence electrons. The van der Waals surface area contributed by atoms with Crippen LogP contribution in [0.15, 0.2) is 48.5 Å². The molecule has 0 heterocycles. The van der Waals surface area contributed by atoms with Crippen LogP contribution < -0.4 is 15.7 Å². The molecule has 0 spiro atoms. The molecule has 0 saturated carbocycles. The lowest BCUT2D eigenvalue weighted by Gasteiger charge is -2.22. The predicted octanol–water partition coefficient (Wildman–Crippen LogP) is 1.27. The lowest BCUT2D eigenvalue weighted by atomic mass is 10.1. The molecule has 2 rings (SSSR count). The maximum Gasteiger partial charge on any atom is 0.0716 e. The fourth-order valence-corrected chi connectivity index (χ4v) is 1.97. The smallest absolute Gasteiger partial charge is 0.0716 e. The highest BCUT2D eigenvalue weighted by molar-refractivity contribution is 5.89. The molecule has 19 heavy (non-hydrogen) atoms. The van der Waals surface area contributed by atoms with Crippen molar-refractivity contribution in [3.05, 3.63) is 59.7 Å². The highest BCUT2D eigenvalue weighted by atomic mass is 16.4. The number of benzene rings is 2. The van der Waals surface area contributed by atoms with Crippen molar-refractivity contribution in [2.24, 2.45) is 0 Å². The molecule has 0 aliphatic rings. The van der Waals surface area contributed by atoms with Crippen molar-refractivity contribution in [1.29, 1.82) is 0 Å². The summed E-state index contributed by atoms with van der Waals surface area (Å²) in [6, 6.07) is 14.6. The van der Waals surface area contributed by atoms with Crippen LogP contribution in [0, 0.1) is 0 Å². The first-order valence-corrected chi connectivity index (χ1v) is 5.94. The molecular weight excluding hydrogens is 240 g/mol. The number of nitrogens with zero attached hydrogens (tertiary/aromatic N) is 1. The van der Waals surface area contributed by atoms with Gasteiger partial charge in [-0.2, -0.15) is 0 Å². The van der Waals surface area contributed by atoms with Gasteiger partial charge in [-0.3, -0.25) is 0 Å². The van der Waals surface area contributed by atoms with Crippen molar-refractivity contribution in [2.45, 2.75) is 6.54 Å². The van der Waals surface area contributed by atoms with Crippen LogP contribution in [0.3, 0.4) is 0 Å². The number of carbonyl (C=O) groups excluding carboxylic acids is 1. The fraction of sp³-hybridized carbons (Fsp3) is 0.133. The average Bonchev–Trinajstić information content (AvgIpc) is 2.39. The molecule has 4 nitrogen and oxygen atoms in total. The zero-order valence-electron chi connectivity index (χ0n) is 10.7. The number of nitrogens with two attached hydrogens (primary N) is 1. The first-order chi connectivity index (χ1) is 9.08. The molecule has 2 aromatic carbocycles. The Morgan fingerprint density at radius 2 is 1.89 bits per heavy atom. The van der Waals surface area contributed by atoms with Crippen molar-refractivity contribution < 1.29 is 9.90 Å². The number of carboxylic acids is 1. The van der Waals surface area contributed by atoms with E-state index in [1.54, 1.807) is 6.07 Å². The van der Waals surface area contributed by atoms with Crippen LogP contribution >= 0.6 is 0 Å². The maximum atomic E-state index is 10.7. The molecule has 0 aliphatic heterocycles. The monoisotopic (exact) mass is 255 g/mol. The van der Waals surface area contributed by atoms with E-state index in [1.165, 1.54) is 12.1 Å². The highest BCUT2D eigenvalue weighted by Gasteiger charge is 2.07. The number of hydrogen-bond donors (Lipinski definition) is 1. The second-order valence-electron chi connectivity index (χ2n) is 4.40. The summed E-state index contributed by atoms with van der Waals surface area (Å²) in [6.07, 6.45) is 0. The Kier molecular flexibility index (Phi) is 3.71. The van der Waals surface area contributed by atoms with E-state index in [9.17, 15) is 9.90 Å². The maximum absolute atomic E-state index is 10.7. The van der Waals surface area contributed by atoms with Gasteiger partial charge in [-0.25, -0.2) is 0 Å². The van der Waals surface area contributed by atoms with E-state index in [2.05, 4.69) is 0 Å². The van der Waals surface area contributed by atoms with Crippen LogP contribution in [0.5, 0.6) is 0 Å². The number of rotatable bonds is 4. The number of aromatic carboxylic acids is 1. The predicted molar refractivity (Wildman–Crippen MR) is 73.7 cm³/mol. The molecule has 0 unspecified atom stereocenters. The van der Waals surface area contributed by atoms with Gasteiger partial charge in [0.05, 0.1) is 17.3 Å². The van der Waals surface area contributed by atoms with Gasteiger partial charge in [0.15, 0.2) is 0 Å². The summed E-state index contributed by atoms with van der Waals surface area (Å²) in [6.45, 7) is 0.704. The summed E-state index contributed by atoms with van der Waals surface area (Å²) in [4.78, 5) is 12.7. The number of anilines is 2. The molecule has 0 amide bonds. The van der Waals surface area contributed by atoms with Crippen LogP contribution in [0.4, 0.5) is 11.4 Å². The van der Waals surface area contributed by atoms with Crippen molar-refractivity contribution in [3.63, 3.8) is 0 Å². The van der Waals surface area contributed by atoms with Crippen molar-refractivity contribution >= 4 is 17.3 Å². The van der Waals surface area contributed by atoms with Crippen LogP contribution in [0.1, 0.15) is 15.9 Å². The molecule has 0 atom stereocenters. The normalized spacial score (nSPS) is 10.2. The Morgan fingerprint density at radius 1 is 1.21 bits per heavy atom. The second kappa shape index (κ2) is 5.44. The first kappa shape index (κ1) is 13.0. The van der Waals surface area contributed by atoms with Gasteiger partial charge in [0, 0.05) is 13.6 Å². The molecular formula is C15H15N2O2-. The van der Waals surface area contributed by atoms with Crippen molar-refractivity contribution in [2.75, 3.05) is 17.7 Å². The molecule has 0 fully saturated rings. The van der Waals surface area contributed by atoms with Gasteiger partial charge in [0.2, 0.25) is 0 Å². The van der Waals surface area contributed by atoms with E-state index in [4.69, 9.17) is 5.73 Å². The van der Waals surface area contributed by atoms with E-state index in [1.807, 2.05) is 42.3 Å². The Morgan fingerprint density at radius 3 is 2.47 bits per heavy atom. The van der Waals surface area contributed by atoms with E-state index in [0.717, 1.165) is 11.3 Å². The lowest BCUT2D eigenvalue weighted by Crippen LogP contribution is -2.23. The van der Waals surface area contributed by atoms with Crippen molar-refractivity contribution in [1.82, 2.24) is 0 Å². The highest BCUT2D eigenvalue weighted by Crippen LogP contribution is 2.24. The number of nitrogen functional groups attached to an aromatic ring is 1. The van der Waals surface area contributed by atoms with Gasteiger partial charge in [-0.1, -0.05) is 36.4 Å². The van der Waals surface area contributed by atoms with Crippen LogP contribution in [-0.2, 0) is 6.54 Å². The minimum atomic E-state index is -1.22. The average molecular weight is 255 g/mol. The minimum absolute atomic E-state index is 0.0920. The van der Waals surface area contributed by atoms with Crippen LogP contribution in [0.2, 0.25) is 0 Å². The van der Waals surface area contributed by atoms with E-state index < -0.39 is 5.97 Å². The fourth-order valence-electron chi connectivity index (χ4n) is 1.97. The second-order valence-corrected chi connectivity index (χ2v) is 4.40. The summed E-state index contributed by atoms with van der Waals surface area (Å²) >= 11 is 0. The molecule has 0 bridgehead atoms. The van der Waals surface area contributed by atoms with Gasteiger partial charge in [0.1, 0.15) is 0 Å². The molecule has 0 saturated heterocycles. The van der Waals surface area contributed by atoms with E-state index in [0.29, 0.717) is 12.2 Å². The summed E-state index contributed by atoms with van der Waals surface area (Å²) in [5.74, 6) is -1.22. The molecule has 0 aromatic heterocycles. The van der Waals surface area contributed by atoms with E-state index in [-0.39, 0.29) is 5.56 Å². The third-order valence-electron chi connectivity index (χ3n) is 2.94. The topological polar surface area (TPSA) is 69.4 Å². The van der Waals surface area contributed by atoms with Crippen LogP contribution in [0.25, 0.3) is 0 Å². The van der Waals surface area contributed by atoms with E-state index >= 15 is 0 Å². The minimum Gasteiger partial charge on any atom is -0.545 e. The van der Waals surface area contributed by atoms with Crippen molar-refractivity contribution in [3.8, 4) is 0 Å². The summed E-state index contributed by atoms with van der Waals surface area (Å²) in [7, 11) is 1.91. The first-order valence-electron chi connectivity index (χ1n) is 5.94. The Labute approximate surface area is 112 Å². The number of carbonyl (C=O) groups is 1. The molecule has 2 N–H and O–H groups in total. The SMILES string of the molecule is CN(Cc1ccccc1)c1ccc(C(=O)[O-])cc1N. The lowest BCUT2D eigenvalue weighted by molar-refractivity contribution is -0.255. The Balaban J connectivity index is 2.20. The number of hydrogen-bond acceptors (Lipinski definition) is 4. The Bertz CT molecular complexity index is 582. The molecule has 4 heteroatoms. The third kappa shape index (κ3) is 3.04. The standard InChI is InChI=1S/C15H16N2O2/c1-17(10-11-5-3-2-4-6-11)14-8-7-12(15(18)19)9-13(14)16/h2-9H,10,16H2,1H3,(H,18,19)/p-1. The van der Waals surface area contributed by atoms with Gasteiger partial charge < -0.3 is 20.5 Å². The largest absolute Gasteiger partial charge is 0.545 e. The third-order valence-corrected chi connectivity index (χ3v) is 2.94. The zero-order chi connectivity index (χ0) is 13.8. The quantitative estimate of drug-likeness (QED) is 0.835. The summed E-state index contributed by atoms with van der Waals surface area (Å²) in [5.41, 5.74) is 8.36. The van der Waals surface area contributed by atoms with Gasteiger partial charge in [-0.15, -0.1) is 0 Å². The number of carboxylic acid groups (broad SMARTS) is 1. The van der Waals surface area contributed by atoms with Gasteiger partial charge in [0.25, 0.3) is 0 Å². The Hall–Kier alpha value is -2.49. The van der Waals surface area contributed by atoms with Gasteiger partial charge in [-0.05, 0) is 23.3 Å². The molecule has 2 aromatic rings. The summed E-state index contributed by atoms with van der Waals surface area (Å²) < 4.78 is 0. The zero-order valence-corrected chi connectivity index (χ0v) is 10.7. The molecule has 0 radical (unpaired) electrons. The molecule has 0 aliphatic carbocycles.